The molecule has 1 fully saturated rings. The van der Waals surface area contributed by atoms with Crippen LogP contribution in [-0.4, -0.2) is 23.2 Å². The Morgan fingerprint density at radius 3 is 2.61 bits per heavy atom. The average Bonchev–Trinajstić information content (AvgIpc) is 3.15. The second-order valence-electron chi connectivity index (χ2n) is 6.17. The molecule has 28 heavy (non-hydrogen) atoms. The van der Waals surface area contributed by atoms with Crippen molar-refractivity contribution in [2.75, 3.05) is 7.11 Å². The molecule has 1 aromatic heterocycles. The Hall–Kier alpha value is -3.85. The van der Waals surface area contributed by atoms with Crippen molar-refractivity contribution < 1.29 is 14.3 Å². The van der Waals surface area contributed by atoms with Crippen LogP contribution in [0.3, 0.4) is 0 Å². The average molecular weight is 371 g/mol. The van der Waals surface area contributed by atoms with Crippen LogP contribution in [0.15, 0.2) is 67.0 Å². The molecule has 0 bridgehead atoms. The number of nitrogens with one attached hydrogen (secondary N) is 1. The summed E-state index contributed by atoms with van der Waals surface area (Å²) in [5.74, 6) is 7.17. The van der Waals surface area contributed by atoms with Crippen molar-refractivity contribution in [1.29, 1.82) is 0 Å². The Balaban J connectivity index is 1.64. The third-order valence-electron chi connectivity index (χ3n) is 4.36. The third kappa shape index (κ3) is 3.79. The molecule has 0 radical (unpaired) electrons. The number of carbonyl (C=O) groups excluding carboxylic acids is 1. The van der Waals surface area contributed by atoms with Gasteiger partial charge >= 0.3 is 6.09 Å². The minimum atomic E-state index is -0.455. The van der Waals surface area contributed by atoms with E-state index in [0.29, 0.717) is 11.6 Å². The zero-order valence-corrected chi connectivity index (χ0v) is 15.1. The summed E-state index contributed by atoms with van der Waals surface area (Å²) in [6.45, 7) is 0. The van der Waals surface area contributed by atoms with Crippen molar-refractivity contribution in [3.63, 3.8) is 0 Å². The minimum absolute atomic E-state index is 0.325. The van der Waals surface area contributed by atoms with E-state index in [1.54, 1.807) is 25.6 Å². The maximum atomic E-state index is 12.0. The van der Waals surface area contributed by atoms with Gasteiger partial charge in [0.15, 0.2) is 6.10 Å². The normalized spacial score (nSPS) is 17.8. The number of aromatic nitrogens is 2. The highest BCUT2D eigenvalue weighted by Crippen LogP contribution is 2.37. The Kier molecular flexibility index (Phi) is 4.89. The summed E-state index contributed by atoms with van der Waals surface area (Å²) in [4.78, 5) is 20.1. The van der Waals surface area contributed by atoms with E-state index in [1.807, 2.05) is 48.5 Å². The molecule has 138 valence electrons. The zero-order chi connectivity index (χ0) is 19.3. The van der Waals surface area contributed by atoms with Gasteiger partial charge in [0.25, 0.3) is 0 Å². The fourth-order valence-electron chi connectivity index (χ4n) is 3.06. The molecule has 4 rings (SSSR count). The lowest BCUT2D eigenvalue weighted by Gasteiger charge is -2.18. The molecule has 0 saturated carbocycles. The van der Waals surface area contributed by atoms with Gasteiger partial charge in [0.05, 0.1) is 13.2 Å². The lowest BCUT2D eigenvalue weighted by Crippen LogP contribution is -2.19. The number of benzene rings is 2. The largest absolute Gasteiger partial charge is 0.497 e. The molecule has 1 saturated heterocycles. The summed E-state index contributed by atoms with van der Waals surface area (Å²) in [6, 6.07) is 16.6. The molecule has 0 aliphatic carbocycles. The van der Waals surface area contributed by atoms with Crippen LogP contribution in [0, 0.1) is 11.8 Å². The maximum Gasteiger partial charge on any atom is 0.408 e. The highest BCUT2D eigenvalue weighted by atomic mass is 16.6. The van der Waals surface area contributed by atoms with Crippen molar-refractivity contribution in [1.82, 2.24) is 15.3 Å². The van der Waals surface area contributed by atoms with Gasteiger partial charge in [-0.15, -0.1) is 0 Å². The Morgan fingerprint density at radius 2 is 1.79 bits per heavy atom. The van der Waals surface area contributed by atoms with Crippen molar-refractivity contribution >= 4 is 6.09 Å². The van der Waals surface area contributed by atoms with Gasteiger partial charge in [-0.05, 0) is 47.4 Å². The minimum Gasteiger partial charge on any atom is -0.497 e. The Morgan fingerprint density at radius 1 is 1.00 bits per heavy atom. The van der Waals surface area contributed by atoms with Crippen molar-refractivity contribution in [3.05, 3.63) is 89.5 Å². The van der Waals surface area contributed by atoms with Crippen LogP contribution in [0.1, 0.15) is 34.7 Å². The first-order valence-corrected chi connectivity index (χ1v) is 8.73. The van der Waals surface area contributed by atoms with Gasteiger partial charge in [0, 0.05) is 18.0 Å². The van der Waals surface area contributed by atoms with Crippen LogP contribution in [0.4, 0.5) is 4.79 Å². The number of rotatable bonds is 3. The van der Waals surface area contributed by atoms with Crippen molar-refractivity contribution in [3.8, 4) is 17.6 Å². The van der Waals surface area contributed by atoms with Crippen LogP contribution in [0.25, 0.3) is 0 Å². The molecule has 1 amide bonds. The number of hydrogen-bond donors (Lipinski definition) is 1. The van der Waals surface area contributed by atoms with E-state index < -0.39 is 12.2 Å². The number of alkyl carbamates (subject to hydrolysis) is 1. The predicted octanol–water partition coefficient (Wildman–Crippen LogP) is 3.41. The van der Waals surface area contributed by atoms with Crippen LogP contribution in [0.5, 0.6) is 5.75 Å². The molecule has 0 spiro atoms. The molecule has 0 unspecified atom stereocenters. The van der Waals surface area contributed by atoms with Crippen molar-refractivity contribution in [2.45, 2.75) is 12.1 Å². The molecule has 1 N–H and O–H groups in total. The highest BCUT2D eigenvalue weighted by molar-refractivity contribution is 5.71. The van der Waals surface area contributed by atoms with Crippen LogP contribution >= 0.6 is 0 Å². The third-order valence-corrected chi connectivity index (χ3v) is 4.36. The first-order chi connectivity index (χ1) is 13.7. The van der Waals surface area contributed by atoms with Gasteiger partial charge in [0.2, 0.25) is 5.82 Å². The summed E-state index contributed by atoms with van der Waals surface area (Å²) < 4.78 is 10.8. The topological polar surface area (TPSA) is 73.3 Å². The number of ether oxygens (including phenoxy) is 2. The van der Waals surface area contributed by atoms with Crippen molar-refractivity contribution in [2.24, 2.45) is 0 Å². The second-order valence-corrected chi connectivity index (χ2v) is 6.17. The highest BCUT2D eigenvalue weighted by Gasteiger charge is 2.36. The molecule has 2 atom stereocenters. The standard InChI is InChI=1S/C22H17N3O3/c1-27-18-8-3-7-17(14-18)21-20(25-22(26)28-21)16-6-2-5-15(13-16)9-10-19-23-11-4-12-24-19/h2-8,11-14,20-21H,1H3,(H,25,26)/t20-,21-/m1/s1. The molecular formula is C22H17N3O3. The lowest BCUT2D eigenvalue weighted by molar-refractivity contribution is 0.132. The van der Waals surface area contributed by atoms with E-state index >= 15 is 0 Å². The van der Waals surface area contributed by atoms with Gasteiger partial charge in [-0.3, -0.25) is 0 Å². The summed E-state index contributed by atoms with van der Waals surface area (Å²) in [5.41, 5.74) is 2.56. The first-order valence-electron chi connectivity index (χ1n) is 8.73. The van der Waals surface area contributed by atoms with Crippen LogP contribution < -0.4 is 10.1 Å². The Bertz CT molecular complexity index is 1060. The van der Waals surface area contributed by atoms with E-state index in [9.17, 15) is 4.79 Å². The van der Waals surface area contributed by atoms with Gasteiger partial charge in [-0.1, -0.05) is 30.2 Å². The van der Waals surface area contributed by atoms with Gasteiger partial charge in [0.1, 0.15) is 5.75 Å². The number of amides is 1. The summed E-state index contributed by atoms with van der Waals surface area (Å²) >= 11 is 0. The molecule has 6 heteroatoms. The number of cyclic esters (lactones) is 1. The summed E-state index contributed by atoms with van der Waals surface area (Å²) in [6.07, 6.45) is 2.39. The molecule has 1 aliphatic heterocycles. The van der Waals surface area contributed by atoms with E-state index in [0.717, 1.165) is 16.7 Å². The summed E-state index contributed by atoms with van der Waals surface area (Å²) in [5, 5.41) is 2.88. The van der Waals surface area contributed by atoms with E-state index in [-0.39, 0.29) is 6.04 Å². The number of hydrogen-bond acceptors (Lipinski definition) is 5. The number of carbonyl (C=O) groups is 1. The van der Waals surface area contributed by atoms with Gasteiger partial charge < -0.3 is 14.8 Å². The van der Waals surface area contributed by atoms with Crippen LogP contribution in [-0.2, 0) is 4.74 Å². The number of methoxy groups -OCH3 is 1. The quantitative estimate of drug-likeness (QED) is 0.715. The molecule has 3 aromatic rings. The van der Waals surface area contributed by atoms with Crippen LogP contribution in [0.2, 0.25) is 0 Å². The maximum absolute atomic E-state index is 12.0. The van der Waals surface area contributed by atoms with E-state index in [1.165, 1.54) is 0 Å². The Labute approximate surface area is 162 Å². The fraction of sp³-hybridized carbons (Fsp3) is 0.136. The number of nitrogens with zero attached hydrogens (tertiary/aromatic N) is 2. The van der Waals surface area contributed by atoms with Gasteiger partial charge in [-0.2, -0.15) is 0 Å². The zero-order valence-electron chi connectivity index (χ0n) is 15.1. The van der Waals surface area contributed by atoms with Gasteiger partial charge in [-0.25, -0.2) is 14.8 Å². The first kappa shape index (κ1) is 17.6. The second kappa shape index (κ2) is 7.80. The fourth-order valence-corrected chi connectivity index (χ4v) is 3.06. The lowest BCUT2D eigenvalue weighted by atomic mass is 9.95. The molecule has 2 heterocycles. The molecular weight excluding hydrogens is 354 g/mol. The van der Waals surface area contributed by atoms with E-state index in [4.69, 9.17) is 9.47 Å². The monoisotopic (exact) mass is 371 g/mol. The molecule has 2 aromatic carbocycles. The van der Waals surface area contributed by atoms with E-state index in [2.05, 4.69) is 27.1 Å². The SMILES string of the molecule is COc1cccc([C@H]2OC(=O)N[C@@H]2c2cccc(C#Cc3ncccn3)c2)c1. The molecule has 1 aliphatic rings. The predicted molar refractivity (Wildman–Crippen MR) is 103 cm³/mol. The summed E-state index contributed by atoms with van der Waals surface area (Å²) in [7, 11) is 1.61. The molecule has 6 nitrogen and oxygen atoms in total. The smallest absolute Gasteiger partial charge is 0.408 e.